The zero-order valence-corrected chi connectivity index (χ0v) is 12.6. The summed E-state index contributed by atoms with van der Waals surface area (Å²) in [6, 6.07) is 4.94. The molecular weight excluding hydrogens is 276 g/mol. The summed E-state index contributed by atoms with van der Waals surface area (Å²) in [5.41, 5.74) is 0. The number of hydrogen-bond acceptors (Lipinski definition) is 4. The van der Waals surface area contributed by atoms with Crippen molar-refractivity contribution < 1.29 is 0 Å². The molecule has 0 atom stereocenters. The van der Waals surface area contributed by atoms with Crippen molar-refractivity contribution in [2.75, 3.05) is 13.1 Å². The van der Waals surface area contributed by atoms with Crippen LogP contribution in [0.3, 0.4) is 0 Å². The molecule has 0 bridgehead atoms. The van der Waals surface area contributed by atoms with E-state index in [-0.39, 0.29) is 0 Å². The molecule has 1 aliphatic carbocycles. The molecule has 6 heteroatoms. The number of aromatic nitrogens is 3. The Labute approximate surface area is 122 Å². The average Bonchev–Trinajstić information content (AvgIpc) is 2.98. The molecule has 0 spiro atoms. The van der Waals surface area contributed by atoms with E-state index >= 15 is 0 Å². The normalized spacial score (nSPS) is 15.3. The Hall–Kier alpha value is -0.980. The van der Waals surface area contributed by atoms with Crippen LogP contribution in [0.25, 0.3) is 10.7 Å². The number of rotatable bonds is 6. The van der Waals surface area contributed by atoms with Crippen LogP contribution in [0.5, 0.6) is 0 Å². The Morgan fingerprint density at radius 1 is 1.58 bits per heavy atom. The number of H-pyrrole nitrogens is 1. The van der Waals surface area contributed by atoms with Gasteiger partial charge in [-0.25, -0.2) is 0 Å². The molecule has 2 aromatic heterocycles. The molecular formula is C13H18N4S2. The molecule has 102 valence electrons. The van der Waals surface area contributed by atoms with Crippen LogP contribution in [0, 0.1) is 4.77 Å². The first-order valence-corrected chi connectivity index (χ1v) is 8.01. The van der Waals surface area contributed by atoms with Crippen molar-refractivity contribution in [1.82, 2.24) is 19.7 Å². The Kier molecular flexibility index (Phi) is 3.81. The summed E-state index contributed by atoms with van der Waals surface area (Å²) in [5.74, 6) is 0.965. The molecule has 2 aromatic rings. The molecule has 19 heavy (non-hydrogen) atoms. The maximum Gasteiger partial charge on any atom is 0.195 e. The van der Waals surface area contributed by atoms with E-state index < -0.39 is 0 Å². The first-order valence-electron chi connectivity index (χ1n) is 6.72. The Morgan fingerprint density at radius 2 is 2.42 bits per heavy atom. The van der Waals surface area contributed by atoms with Crippen LogP contribution in [-0.2, 0) is 6.54 Å². The standard InChI is InChI=1S/C13H18N4S2/c1-2-16(10-5-6-10)7-8-17-12(14-15-13(17)18)11-4-3-9-19-11/h3-4,9-10H,2,5-8H2,1H3,(H,15,18). The highest BCUT2D eigenvalue weighted by atomic mass is 32.1. The average molecular weight is 294 g/mol. The molecule has 3 rings (SSSR count). The van der Waals surface area contributed by atoms with Crippen molar-refractivity contribution in [3.8, 4) is 10.7 Å². The predicted molar refractivity (Wildman–Crippen MR) is 81.0 cm³/mol. The largest absolute Gasteiger partial charge is 0.299 e. The number of likely N-dealkylation sites (N-methyl/N-ethyl adjacent to an activating group) is 1. The molecule has 2 heterocycles. The number of nitrogens with zero attached hydrogens (tertiary/aromatic N) is 3. The summed E-state index contributed by atoms with van der Waals surface area (Å²) < 4.78 is 2.84. The van der Waals surface area contributed by atoms with E-state index in [0.29, 0.717) is 0 Å². The van der Waals surface area contributed by atoms with Crippen LogP contribution in [0.15, 0.2) is 17.5 Å². The Balaban J connectivity index is 1.77. The zero-order valence-electron chi connectivity index (χ0n) is 11.0. The first kappa shape index (κ1) is 13.0. The minimum atomic E-state index is 0.718. The fraction of sp³-hybridized carbons (Fsp3) is 0.538. The molecule has 0 amide bonds. The highest BCUT2D eigenvalue weighted by molar-refractivity contribution is 7.71. The van der Waals surface area contributed by atoms with Gasteiger partial charge in [0, 0.05) is 19.1 Å². The lowest BCUT2D eigenvalue weighted by atomic mass is 10.4. The molecule has 0 unspecified atom stereocenters. The molecule has 1 aliphatic rings. The third-order valence-corrected chi connectivity index (χ3v) is 4.76. The summed E-state index contributed by atoms with van der Waals surface area (Å²) in [7, 11) is 0. The van der Waals surface area contributed by atoms with Crippen molar-refractivity contribution in [1.29, 1.82) is 0 Å². The molecule has 1 fully saturated rings. The van der Waals surface area contributed by atoms with Gasteiger partial charge in [-0.3, -0.25) is 14.6 Å². The Morgan fingerprint density at radius 3 is 3.05 bits per heavy atom. The van der Waals surface area contributed by atoms with E-state index in [0.717, 1.165) is 36.3 Å². The van der Waals surface area contributed by atoms with Crippen LogP contribution < -0.4 is 0 Å². The highest BCUT2D eigenvalue weighted by Gasteiger charge is 2.27. The molecule has 0 saturated heterocycles. The molecule has 4 nitrogen and oxygen atoms in total. The fourth-order valence-electron chi connectivity index (χ4n) is 2.39. The first-order chi connectivity index (χ1) is 9.29. The lowest BCUT2D eigenvalue weighted by Crippen LogP contribution is -2.29. The third kappa shape index (κ3) is 2.80. The van der Waals surface area contributed by atoms with E-state index in [1.165, 1.54) is 17.7 Å². The molecule has 1 N–H and O–H groups in total. The molecule has 0 aromatic carbocycles. The molecule has 0 aliphatic heterocycles. The summed E-state index contributed by atoms with van der Waals surface area (Å²) in [5, 5.41) is 9.35. The van der Waals surface area contributed by atoms with Crippen molar-refractivity contribution in [2.45, 2.75) is 32.4 Å². The number of aromatic amines is 1. The molecule has 1 saturated carbocycles. The van der Waals surface area contributed by atoms with Gasteiger partial charge in [-0.05, 0) is 43.1 Å². The van der Waals surface area contributed by atoms with E-state index in [9.17, 15) is 0 Å². The van der Waals surface area contributed by atoms with Crippen LogP contribution in [0.4, 0.5) is 0 Å². The number of thiophene rings is 1. The summed E-state index contributed by atoms with van der Waals surface area (Å²) in [4.78, 5) is 3.70. The maximum atomic E-state index is 5.35. The third-order valence-electron chi connectivity index (χ3n) is 3.58. The van der Waals surface area contributed by atoms with Crippen LogP contribution in [-0.4, -0.2) is 38.8 Å². The number of hydrogen-bond donors (Lipinski definition) is 1. The Bertz CT molecular complexity index is 580. The highest BCUT2D eigenvalue weighted by Crippen LogP contribution is 2.27. The SMILES string of the molecule is CCN(CCn1c(-c2cccs2)n[nH]c1=S)C1CC1. The topological polar surface area (TPSA) is 36.9 Å². The fourth-order valence-corrected chi connectivity index (χ4v) is 3.33. The van der Waals surface area contributed by atoms with Crippen LogP contribution in [0.1, 0.15) is 19.8 Å². The second-order valence-corrected chi connectivity index (χ2v) is 6.18. The second kappa shape index (κ2) is 5.56. The van der Waals surface area contributed by atoms with Gasteiger partial charge in [0.15, 0.2) is 10.6 Å². The van der Waals surface area contributed by atoms with E-state index in [4.69, 9.17) is 12.2 Å². The summed E-state index contributed by atoms with van der Waals surface area (Å²) in [6.07, 6.45) is 2.70. The van der Waals surface area contributed by atoms with Gasteiger partial charge >= 0.3 is 0 Å². The van der Waals surface area contributed by atoms with Crippen molar-refractivity contribution in [3.63, 3.8) is 0 Å². The maximum absolute atomic E-state index is 5.35. The smallest absolute Gasteiger partial charge is 0.195 e. The van der Waals surface area contributed by atoms with Crippen LogP contribution in [0.2, 0.25) is 0 Å². The van der Waals surface area contributed by atoms with Gasteiger partial charge in [-0.15, -0.1) is 11.3 Å². The van der Waals surface area contributed by atoms with Gasteiger partial charge in [0.2, 0.25) is 0 Å². The van der Waals surface area contributed by atoms with Gasteiger partial charge < -0.3 is 0 Å². The number of nitrogens with one attached hydrogen (secondary N) is 1. The minimum Gasteiger partial charge on any atom is -0.299 e. The monoisotopic (exact) mass is 294 g/mol. The van der Waals surface area contributed by atoms with Crippen molar-refractivity contribution in [3.05, 3.63) is 22.3 Å². The van der Waals surface area contributed by atoms with Gasteiger partial charge in [0.1, 0.15) is 0 Å². The minimum absolute atomic E-state index is 0.718. The summed E-state index contributed by atoms with van der Waals surface area (Å²) >= 11 is 7.05. The predicted octanol–water partition coefficient (Wildman–Crippen LogP) is 3.15. The van der Waals surface area contributed by atoms with Gasteiger partial charge in [0.05, 0.1) is 4.88 Å². The van der Waals surface area contributed by atoms with E-state index in [1.807, 2.05) is 6.07 Å². The van der Waals surface area contributed by atoms with Crippen LogP contribution >= 0.6 is 23.6 Å². The van der Waals surface area contributed by atoms with Gasteiger partial charge in [-0.2, -0.15) is 5.10 Å². The lowest BCUT2D eigenvalue weighted by Gasteiger charge is -2.20. The quantitative estimate of drug-likeness (QED) is 0.832. The van der Waals surface area contributed by atoms with Gasteiger partial charge in [0.25, 0.3) is 0 Å². The second-order valence-electron chi connectivity index (χ2n) is 4.84. The molecule has 0 radical (unpaired) electrons. The van der Waals surface area contributed by atoms with Gasteiger partial charge in [-0.1, -0.05) is 13.0 Å². The summed E-state index contributed by atoms with van der Waals surface area (Å²) in [6.45, 7) is 5.30. The van der Waals surface area contributed by atoms with Crippen molar-refractivity contribution in [2.24, 2.45) is 0 Å². The lowest BCUT2D eigenvalue weighted by molar-refractivity contribution is 0.266. The zero-order chi connectivity index (χ0) is 13.2. The van der Waals surface area contributed by atoms with E-state index in [1.54, 1.807) is 11.3 Å². The van der Waals surface area contributed by atoms with Crippen molar-refractivity contribution >= 4 is 23.6 Å². The van der Waals surface area contributed by atoms with E-state index in [2.05, 4.69) is 38.0 Å².